The topological polar surface area (TPSA) is 87.7 Å². The fourth-order valence-corrected chi connectivity index (χ4v) is 3.48. The average molecular weight is 398 g/mol. The number of hydrogen-bond donors (Lipinski definition) is 2. The Bertz CT molecular complexity index is 705. The van der Waals surface area contributed by atoms with Gasteiger partial charge in [0, 0.05) is 37.4 Å². The zero-order valence-electron chi connectivity index (χ0n) is 16.5. The third-order valence-corrected chi connectivity index (χ3v) is 6.65. The average Bonchev–Trinajstić information content (AvgIpc) is 2.62. The fraction of sp³-hybridized carbons (Fsp3) is 0.632. The van der Waals surface area contributed by atoms with Crippen molar-refractivity contribution in [2.24, 2.45) is 0 Å². The monoisotopic (exact) mass is 397 g/mol. The molecular formula is C19H31N3O4S. The van der Waals surface area contributed by atoms with Gasteiger partial charge < -0.3 is 15.0 Å². The number of rotatable bonds is 8. The number of unbranched alkanes of at least 4 members (excludes halogenated alkanes) is 1. The lowest BCUT2D eigenvalue weighted by Gasteiger charge is -2.28. The molecule has 1 aromatic rings. The minimum atomic E-state index is -3.32. The predicted octanol–water partition coefficient (Wildman–Crippen LogP) is 2.35. The molecule has 0 radical (unpaired) electrons. The van der Waals surface area contributed by atoms with Crippen molar-refractivity contribution in [3.63, 3.8) is 0 Å². The maximum Gasteiger partial charge on any atom is 0.224 e. The van der Waals surface area contributed by atoms with Gasteiger partial charge in [0.2, 0.25) is 15.9 Å². The van der Waals surface area contributed by atoms with Crippen LogP contribution in [0.4, 0.5) is 11.4 Å². The highest BCUT2D eigenvalue weighted by Gasteiger charge is 2.27. The molecule has 27 heavy (non-hydrogen) atoms. The van der Waals surface area contributed by atoms with Gasteiger partial charge in [-0.05, 0) is 57.9 Å². The summed E-state index contributed by atoms with van der Waals surface area (Å²) in [5, 5.41) is 2.88. The minimum absolute atomic E-state index is 0.0622. The van der Waals surface area contributed by atoms with Crippen LogP contribution in [0.2, 0.25) is 0 Å². The first-order chi connectivity index (χ1) is 12.7. The van der Waals surface area contributed by atoms with Crippen molar-refractivity contribution in [1.29, 1.82) is 0 Å². The summed E-state index contributed by atoms with van der Waals surface area (Å²) in [6.45, 7) is 8.57. The predicted molar refractivity (Wildman–Crippen MR) is 109 cm³/mol. The number of carbonyl (C=O) groups excluding carboxylic acids is 1. The van der Waals surface area contributed by atoms with E-state index in [0.717, 1.165) is 37.7 Å². The normalized spacial score (nSPS) is 15.6. The zero-order chi connectivity index (χ0) is 19.9. The number of anilines is 2. The summed E-state index contributed by atoms with van der Waals surface area (Å²) in [6, 6.07) is 7.81. The van der Waals surface area contributed by atoms with Crippen molar-refractivity contribution in [3.8, 4) is 0 Å². The Labute approximate surface area is 162 Å². The number of amides is 1. The summed E-state index contributed by atoms with van der Waals surface area (Å²) in [5.74, 6) is -0.0622. The lowest BCUT2D eigenvalue weighted by Crippen LogP contribution is -2.39. The Morgan fingerprint density at radius 1 is 1.11 bits per heavy atom. The molecule has 0 atom stereocenters. The summed E-state index contributed by atoms with van der Waals surface area (Å²) >= 11 is 0. The summed E-state index contributed by atoms with van der Waals surface area (Å²) in [4.78, 5) is 14.3. The first-order valence-electron chi connectivity index (χ1n) is 9.41. The van der Waals surface area contributed by atoms with E-state index >= 15 is 0 Å². The van der Waals surface area contributed by atoms with Crippen LogP contribution in [0.25, 0.3) is 0 Å². The van der Waals surface area contributed by atoms with E-state index in [-0.39, 0.29) is 5.91 Å². The van der Waals surface area contributed by atoms with Crippen LogP contribution in [0.15, 0.2) is 24.3 Å². The molecule has 152 valence electrons. The number of nitrogens with one attached hydrogen (secondary N) is 2. The van der Waals surface area contributed by atoms with E-state index in [1.54, 1.807) is 20.8 Å². The van der Waals surface area contributed by atoms with Crippen LogP contribution in [-0.4, -0.2) is 51.9 Å². The molecule has 0 aromatic heterocycles. The number of nitrogens with zero attached hydrogens (tertiary/aromatic N) is 1. The van der Waals surface area contributed by atoms with Gasteiger partial charge in [-0.2, -0.15) is 0 Å². The van der Waals surface area contributed by atoms with Crippen LogP contribution in [0.3, 0.4) is 0 Å². The van der Waals surface area contributed by atoms with Crippen LogP contribution < -0.4 is 14.9 Å². The number of morpholine rings is 1. The molecule has 0 saturated carbocycles. The molecule has 2 N–H and O–H groups in total. The second-order valence-electron chi connectivity index (χ2n) is 7.66. The standard InChI is InChI=1S/C19H31N3O4S/c1-19(2,3)27(24,25)20-11-5-4-6-18(23)21-16-7-9-17(10-8-16)22-12-14-26-15-13-22/h7-10,20H,4-6,11-15H2,1-3H3,(H,21,23). The van der Waals surface area contributed by atoms with Gasteiger partial charge in [-0.1, -0.05) is 0 Å². The van der Waals surface area contributed by atoms with Gasteiger partial charge in [-0.25, -0.2) is 13.1 Å². The van der Waals surface area contributed by atoms with Gasteiger partial charge in [0.15, 0.2) is 0 Å². The van der Waals surface area contributed by atoms with E-state index < -0.39 is 14.8 Å². The zero-order valence-corrected chi connectivity index (χ0v) is 17.3. The molecule has 1 aromatic carbocycles. The molecule has 0 bridgehead atoms. The lowest BCUT2D eigenvalue weighted by molar-refractivity contribution is -0.116. The second-order valence-corrected chi connectivity index (χ2v) is 10.2. The molecule has 1 heterocycles. The van der Waals surface area contributed by atoms with Crippen molar-refractivity contribution in [1.82, 2.24) is 4.72 Å². The third-order valence-electron chi connectivity index (χ3n) is 4.46. The molecule has 0 aliphatic carbocycles. The Balaban J connectivity index is 1.68. The molecule has 0 spiro atoms. The van der Waals surface area contributed by atoms with Crippen molar-refractivity contribution in [2.75, 3.05) is 43.1 Å². The first-order valence-corrected chi connectivity index (χ1v) is 10.9. The lowest BCUT2D eigenvalue weighted by atomic mass is 10.2. The molecule has 1 aliphatic heterocycles. The van der Waals surface area contributed by atoms with Crippen LogP contribution in [0, 0.1) is 0 Å². The molecule has 2 rings (SSSR count). The van der Waals surface area contributed by atoms with E-state index in [2.05, 4.69) is 14.9 Å². The van der Waals surface area contributed by atoms with Crippen molar-refractivity contribution in [3.05, 3.63) is 24.3 Å². The number of ether oxygens (including phenoxy) is 1. The van der Waals surface area contributed by atoms with Crippen molar-refractivity contribution < 1.29 is 17.9 Å². The molecule has 1 fully saturated rings. The Hall–Kier alpha value is -1.64. The summed E-state index contributed by atoms with van der Waals surface area (Å²) in [6.07, 6.45) is 1.62. The van der Waals surface area contributed by atoms with Crippen LogP contribution in [-0.2, 0) is 19.6 Å². The maximum absolute atomic E-state index is 12.0. The van der Waals surface area contributed by atoms with Gasteiger partial charge >= 0.3 is 0 Å². The maximum atomic E-state index is 12.0. The van der Waals surface area contributed by atoms with Crippen LogP contribution in [0.1, 0.15) is 40.0 Å². The first kappa shape index (κ1) is 21.7. The molecule has 8 heteroatoms. The molecule has 0 unspecified atom stereocenters. The Morgan fingerprint density at radius 3 is 2.33 bits per heavy atom. The van der Waals surface area contributed by atoms with E-state index in [9.17, 15) is 13.2 Å². The van der Waals surface area contributed by atoms with Crippen molar-refractivity contribution >= 4 is 27.3 Å². The second kappa shape index (κ2) is 9.52. The van der Waals surface area contributed by atoms with Gasteiger partial charge in [-0.15, -0.1) is 0 Å². The SMILES string of the molecule is CC(C)(C)S(=O)(=O)NCCCCC(=O)Nc1ccc(N2CCOCC2)cc1. The van der Waals surface area contributed by atoms with E-state index in [1.165, 1.54) is 0 Å². The highest BCUT2D eigenvalue weighted by molar-refractivity contribution is 7.90. The van der Waals surface area contributed by atoms with Crippen LogP contribution in [0.5, 0.6) is 0 Å². The highest BCUT2D eigenvalue weighted by atomic mass is 32.2. The van der Waals surface area contributed by atoms with E-state index in [4.69, 9.17) is 4.74 Å². The smallest absolute Gasteiger partial charge is 0.224 e. The molecular weight excluding hydrogens is 366 g/mol. The number of benzene rings is 1. The number of sulfonamides is 1. The Morgan fingerprint density at radius 2 is 1.74 bits per heavy atom. The summed E-state index contributed by atoms with van der Waals surface area (Å²) < 4.78 is 31.0. The van der Waals surface area contributed by atoms with E-state index in [1.807, 2.05) is 24.3 Å². The summed E-state index contributed by atoms with van der Waals surface area (Å²) in [5.41, 5.74) is 1.90. The number of carbonyl (C=O) groups is 1. The fourth-order valence-electron chi connectivity index (χ4n) is 2.63. The quantitative estimate of drug-likeness (QED) is 0.658. The van der Waals surface area contributed by atoms with Gasteiger partial charge in [0.05, 0.1) is 18.0 Å². The van der Waals surface area contributed by atoms with E-state index in [0.29, 0.717) is 25.8 Å². The highest BCUT2D eigenvalue weighted by Crippen LogP contribution is 2.19. The van der Waals surface area contributed by atoms with Gasteiger partial charge in [0.1, 0.15) is 0 Å². The number of hydrogen-bond acceptors (Lipinski definition) is 5. The minimum Gasteiger partial charge on any atom is -0.378 e. The largest absolute Gasteiger partial charge is 0.378 e. The van der Waals surface area contributed by atoms with Gasteiger partial charge in [0.25, 0.3) is 0 Å². The van der Waals surface area contributed by atoms with Crippen molar-refractivity contribution in [2.45, 2.75) is 44.8 Å². The summed E-state index contributed by atoms with van der Waals surface area (Å²) in [7, 11) is -3.32. The molecule has 1 saturated heterocycles. The third kappa shape index (κ3) is 6.79. The molecule has 1 aliphatic rings. The molecule has 7 nitrogen and oxygen atoms in total. The molecule has 1 amide bonds. The van der Waals surface area contributed by atoms with Crippen LogP contribution >= 0.6 is 0 Å². The Kier molecular flexibility index (Phi) is 7.64. The van der Waals surface area contributed by atoms with Gasteiger partial charge in [-0.3, -0.25) is 4.79 Å².